The third-order valence-corrected chi connectivity index (χ3v) is 6.54. The van der Waals surface area contributed by atoms with Gasteiger partial charge in [0.1, 0.15) is 0 Å². The van der Waals surface area contributed by atoms with Crippen molar-refractivity contribution in [1.29, 1.82) is 0 Å². The summed E-state index contributed by atoms with van der Waals surface area (Å²) in [5.74, 6) is 0.598. The zero-order valence-corrected chi connectivity index (χ0v) is 15.9. The normalized spacial score (nSPS) is 15.8. The van der Waals surface area contributed by atoms with Gasteiger partial charge >= 0.3 is 0 Å². The van der Waals surface area contributed by atoms with Crippen molar-refractivity contribution in [3.63, 3.8) is 0 Å². The van der Waals surface area contributed by atoms with Gasteiger partial charge in [-0.1, -0.05) is 41.0 Å². The van der Waals surface area contributed by atoms with E-state index in [1.807, 2.05) is 35.2 Å². The SMILES string of the molecule is O=S(=O)(c1cccc(Cl)c1)N1CCN(c2nnnn2-c2ccccc2)CC1. The topological polar surface area (TPSA) is 84.2 Å². The summed E-state index contributed by atoms with van der Waals surface area (Å²) < 4.78 is 28.8. The third kappa shape index (κ3) is 3.53. The summed E-state index contributed by atoms with van der Waals surface area (Å²) in [7, 11) is -3.58. The monoisotopic (exact) mass is 404 g/mol. The molecular formula is C17H17ClN6O2S. The van der Waals surface area contributed by atoms with Crippen LogP contribution in [0.25, 0.3) is 5.69 Å². The molecule has 0 amide bonds. The summed E-state index contributed by atoms with van der Waals surface area (Å²) in [5, 5.41) is 12.3. The van der Waals surface area contributed by atoms with Gasteiger partial charge in [0.05, 0.1) is 10.6 Å². The maximum absolute atomic E-state index is 12.8. The summed E-state index contributed by atoms with van der Waals surface area (Å²) in [6.45, 7) is 1.67. The number of benzene rings is 2. The smallest absolute Gasteiger partial charge is 0.250 e. The second-order valence-electron chi connectivity index (χ2n) is 6.07. The van der Waals surface area contributed by atoms with E-state index in [4.69, 9.17) is 11.6 Å². The first-order chi connectivity index (χ1) is 13.1. The van der Waals surface area contributed by atoms with Crippen molar-refractivity contribution in [3.8, 4) is 5.69 Å². The summed E-state index contributed by atoms with van der Waals surface area (Å²) in [6, 6.07) is 15.9. The molecule has 1 aliphatic heterocycles. The standard InChI is InChI=1S/C17H17ClN6O2S/c18-14-5-4-8-16(13-14)27(25,26)23-11-9-22(10-12-23)17-19-20-21-24(17)15-6-2-1-3-7-15/h1-8,13H,9-12H2. The molecule has 4 rings (SSSR count). The molecule has 1 aromatic heterocycles. The van der Waals surface area contributed by atoms with Crippen LogP contribution in [0.15, 0.2) is 59.5 Å². The Morgan fingerprint density at radius 1 is 0.926 bits per heavy atom. The zero-order valence-electron chi connectivity index (χ0n) is 14.3. The Morgan fingerprint density at radius 3 is 2.37 bits per heavy atom. The summed E-state index contributed by atoms with van der Waals surface area (Å²) in [5.41, 5.74) is 0.853. The molecule has 0 bridgehead atoms. The molecule has 1 aliphatic rings. The van der Waals surface area contributed by atoms with E-state index in [0.29, 0.717) is 37.1 Å². The summed E-state index contributed by atoms with van der Waals surface area (Å²) >= 11 is 5.94. The molecule has 0 N–H and O–H groups in total. The number of aromatic nitrogens is 4. The van der Waals surface area contributed by atoms with Crippen LogP contribution in [0, 0.1) is 0 Å². The predicted octanol–water partition coefficient (Wildman–Crippen LogP) is 1.83. The minimum absolute atomic E-state index is 0.206. The number of hydrogen-bond acceptors (Lipinski definition) is 6. The lowest BCUT2D eigenvalue weighted by Crippen LogP contribution is -2.49. The van der Waals surface area contributed by atoms with Crippen LogP contribution >= 0.6 is 11.6 Å². The van der Waals surface area contributed by atoms with Gasteiger partial charge in [0, 0.05) is 31.2 Å². The molecule has 0 aliphatic carbocycles. The van der Waals surface area contributed by atoms with Gasteiger partial charge in [-0.25, -0.2) is 8.42 Å². The number of anilines is 1. The molecule has 3 aromatic rings. The molecule has 1 fully saturated rings. The first-order valence-corrected chi connectivity index (χ1v) is 10.2. The maximum atomic E-state index is 12.8. The number of tetrazole rings is 1. The highest BCUT2D eigenvalue weighted by Crippen LogP contribution is 2.23. The van der Waals surface area contributed by atoms with Crippen molar-refractivity contribution < 1.29 is 8.42 Å². The van der Waals surface area contributed by atoms with Gasteiger partial charge in [-0.3, -0.25) is 0 Å². The number of hydrogen-bond donors (Lipinski definition) is 0. The van der Waals surface area contributed by atoms with Crippen molar-refractivity contribution in [3.05, 3.63) is 59.6 Å². The van der Waals surface area contributed by atoms with E-state index in [2.05, 4.69) is 15.5 Å². The molecule has 0 saturated carbocycles. The van der Waals surface area contributed by atoms with Gasteiger partial charge in [-0.15, -0.1) is 0 Å². The summed E-state index contributed by atoms with van der Waals surface area (Å²) in [6.07, 6.45) is 0. The highest BCUT2D eigenvalue weighted by molar-refractivity contribution is 7.89. The van der Waals surface area contributed by atoms with E-state index < -0.39 is 10.0 Å². The Labute approximate surface area is 162 Å². The van der Waals surface area contributed by atoms with Crippen molar-refractivity contribution in [2.75, 3.05) is 31.1 Å². The second-order valence-corrected chi connectivity index (χ2v) is 8.45. The molecule has 0 unspecified atom stereocenters. The first-order valence-electron chi connectivity index (χ1n) is 8.40. The summed E-state index contributed by atoms with van der Waals surface area (Å²) in [4.78, 5) is 2.19. The largest absolute Gasteiger partial charge is 0.337 e. The number of rotatable bonds is 4. The Balaban J connectivity index is 1.51. The van der Waals surface area contributed by atoms with Gasteiger partial charge < -0.3 is 4.90 Å². The molecule has 1 saturated heterocycles. The van der Waals surface area contributed by atoms with Gasteiger partial charge in [0.25, 0.3) is 0 Å². The molecular weight excluding hydrogens is 388 g/mol. The second kappa shape index (κ2) is 7.26. The Kier molecular flexibility index (Phi) is 4.81. The van der Waals surface area contributed by atoms with E-state index in [9.17, 15) is 8.42 Å². The quantitative estimate of drug-likeness (QED) is 0.659. The number of halogens is 1. The van der Waals surface area contributed by atoms with Crippen molar-refractivity contribution in [1.82, 2.24) is 24.5 Å². The van der Waals surface area contributed by atoms with Crippen molar-refractivity contribution in [2.45, 2.75) is 4.90 Å². The minimum atomic E-state index is -3.58. The molecule has 8 nitrogen and oxygen atoms in total. The first kappa shape index (κ1) is 17.9. The van der Waals surface area contributed by atoms with Crippen molar-refractivity contribution >= 4 is 27.6 Å². The average molecular weight is 405 g/mol. The fraction of sp³-hybridized carbons (Fsp3) is 0.235. The molecule has 2 aromatic carbocycles. The lowest BCUT2D eigenvalue weighted by atomic mass is 10.3. The van der Waals surface area contributed by atoms with Crippen LogP contribution in [0.3, 0.4) is 0 Å². The van der Waals surface area contributed by atoms with Crippen LogP contribution in [0.2, 0.25) is 5.02 Å². The van der Waals surface area contributed by atoms with Gasteiger partial charge in [-0.2, -0.15) is 8.99 Å². The highest BCUT2D eigenvalue weighted by atomic mass is 35.5. The number of nitrogens with zero attached hydrogens (tertiary/aromatic N) is 6. The van der Waals surface area contributed by atoms with E-state index in [1.165, 1.54) is 10.4 Å². The fourth-order valence-electron chi connectivity index (χ4n) is 3.02. The Morgan fingerprint density at radius 2 is 1.67 bits per heavy atom. The number of para-hydroxylation sites is 1. The van der Waals surface area contributed by atoms with Gasteiger partial charge in [0.2, 0.25) is 16.0 Å². The zero-order chi connectivity index (χ0) is 18.9. The third-order valence-electron chi connectivity index (χ3n) is 4.41. The van der Waals surface area contributed by atoms with Crippen LogP contribution in [-0.4, -0.2) is 59.1 Å². The molecule has 2 heterocycles. The van der Waals surface area contributed by atoms with Gasteiger partial charge in [-0.05, 0) is 40.8 Å². The number of sulfonamides is 1. The van der Waals surface area contributed by atoms with Crippen molar-refractivity contribution in [2.24, 2.45) is 0 Å². The highest BCUT2D eigenvalue weighted by Gasteiger charge is 2.30. The van der Waals surface area contributed by atoms with E-state index in [0.717, 1.165) is 5.69 Å². The maximum Gasteiger partial charge on any atom is 0.250 e. The fourth-order valence-corrected chi connectivity index (χ4v) is 4.74. The lowest BCUT2D eigenvalue weighted by molar-refractivity contribution is 0.381. The molecule has 0 atom stereocenters. The predicted molar refractivity (Wildman–Crippen MR) is 102 cm³/mol. The van der Waals surface area contributed by atoms with E-state index in [-0.39, 0.29) is 4.90 Å². The van der Waals surface area contributed by atoms with Crippen LogP contribution in [-0.2, 0) is 10.0 Å². The average Bonchev–Trinajstić information content (AvgIpc) is 3.19. The molecule has 140 valence electrons. The number of piperazine rings is 1. The van der Waals surface area contributed by atoms with E-state index in [1.54, 1.807) is 22.9 Å². The van der Waals surface area contributed by atoms with Crippen LogP contribution in [0.1, 0.15) is 0 Å². The Bertz CT molecular complexity index is 1030. The molecule has 27 heavy (non-hydrogen) atoms. The van der Waals surface area contributed by atoms with Gasteiger partial charge in [0.15, 0.2) is 0 Å². The van der Waals surface area contributed by atoms with E-state index >= 15 is 0 Å². The molecule has 0 radical (unpaired) electrons. The van der Waals surface area contributed by atoms with Crippen LogP contribution in [0.4, 0.5) is 5.95 Å². The molecule has 0 spiro atoms. The van der Waals surface area contributed by atoms with Crippen LogP contribution in [0.5, 0.6) is 0 Å². The Hall–Kier alpha value is -2.49. The van der Waals surface area contributed by atoms with Crippen LogP contribution < -0.4 is 4.90 Å². The minimum Gasteiger partial charge on any atom is -0.337 e. The molecule has 10 heteroatoms. The lowest BCUT2D eigenvalue weighted by Gasteiger charge is -2.34.